The number of carbonyl (C=O) groups is 1. The van der Waals surface area contributed by atoms with Gasteiger partial charge in [0, 0.05) is 32.2 Å². The zero-order valence-electron chi connectivity index (χ0n) is 18.8. The molecule has 1 aliphatic heterocycles. The highest BCUT2D eigenvalue weighted by molar-refractivity contribution is 5.87. The number of rotatable bonds is 6. The lowest BCUT2D eigenvalue weighted by atomic mass is 9.90. The number of benzene rings is 3. The van der Waals surface area contributed by atoms with Crippen LogP contribution in [-0.4, -0.2) is 59.0 Å². The number of hydrogen-bond donors (Lipinski definition) is 1. The number of aromatic nitrogens is 2. The number of ether oxygens (including phenoxy) is 1. The molecule has 2 heterocycles. The first-order valence-electron chi connectivity index (χ1n) is 11.3. The average molecular weight is 441 g/mol. The van der Waals surface area contributed by atoms with Gasteiger partial charge in [0.15, 0.2) is 0 Å². The smallest absolute Gasteiger partial charge is 0.234 e. The third kappa shape index (κ3) is 4.61. The molecule has 0 spiro atoms. The molecule has 0 atom stereocenters. The number of H-pyrrole nitrogens is 1. The van der Waals surface area contributed by atoms with Crippen LogP contribution in [-0.2, 0) is 11.3 Å². The lowest BCUT2D eigenvalue weighted by Gasteiger charge is -2.36. The van der Waals surface area contributed by atoms with E-state index in [9.17, 15) is 4.79 Å². The van der Waals surface area contributed by atoms with Crippen molar-refractivity contribution in [1.29, 1.82) is 0 Å². The largest absolute Gasteiger partial charge is 0.497 e. The lowest BCUT2D eigenvalue weighted by Crippen LogP contribution is -2.49. The molecule has 3 aromatic carbocycles. The van der Waals surface area contributed by atoms with E-state index in [4.69, 9.17) is 9.72 Å². The van der Waals surface area contributed by atoms with Crippen molar-refractivity contribution in [2.45, 2.75) is 12.5 Å². The van der Waals surface area contributed by atoms with E-state index in [1.165, 1.54) is 0 Å². The monoisotopic (exact) mass is 440 g/mol. The van der Waals surface area contributed by atoms with Crippen molar-refractivity contribution in [1.82, 2.24) is 19.8 Å². The van der Waals surface area contributed by atoms with E-state index in [0.29, 0.717) is 13.1 Å². The van der Waals surface area contributed by atoms with E-state index >= 15 is 0 Å². The van der Waals surface area contributed by atoms with Gasteiger partial charge in [-0.2, -0.15) is 0 Å². The standard InChI is InChI=1S/C27H28N4O2/c1-33-22-12-13-23-24(18-22)29-25(28-23)19-30-14-16-31(17-15-30)27(32)26(20-8-4-2-5-9-20)21-10-6-3-7-11-21/h2-13,18,26H,14-17,19H2,1H3,(H,28,29). The second-order valence-corrected chi connectivity index (χ2v) is 8.42. The highest BCUT2D eigenvalue weighted by atomic mass is 16.5. The summed E-state index contributed by atoms with van der Waals surface area (Å²) < 4.78 is 5.30. The first-order valence-corrected chi connectivity index (χ1v) is 11.3. The minimum Gasteiger partial charge on any atom is -0.497 e. The maximum absolute atomic E-state index is 13.6. The van der Waals surface area contributed by atoms with Crippen LogP contribution in [0.1, 0.15) is 22.9 Å². The van der Waals surface area contributed by atoms with Gasteiger partial charge in [-0.1, -0.05) is 60.7 Å². The van der Waals surface area contributed by atoms with Gasteiger partial charge in [0.2, 0.25) is 5.91 Å². The molecule has 0 aliphatic carbocycles. The van der Waals surface area contributed by atoms with Crippen LogP contribution in [0.4, 0.5) is 0 Å². The van der Waals surface area contributed by atoms with Gasteiger partial charge in [0.25, 0.3) is 0 Å². The van der Waals surface area contributed by atoms with Crippen molar-refractivity contribution in [2.24, 2.45) is 0 Å². The van der Waals surface area contributed by atoms with Crippen molar-refractivity contribution >= 4 is 16.9 Å². The molecule has 4 aromatic rings. The Morgan fingerprint density at radius 3 is 2.18 bits per heavy atom. The summed E-state index contributed by atoms with van der Waals surface area (Å²) in [7, 11) is 1.67. The molecule has 1 fully saturated rings. The number of carbonyl (C=O) groups excluding carboxylic acids is 1. The van der Waals surface area contributed by atoms with Crippen LogP contribution in [0.25, 0.3) is 11.0 Å². The summed E-state index contributed by atoms with van der Waals surface area (Å²) >= 11 is 0. The predicted molar refractivity (Wildman–Crippen MR) is 129 cm³/mol. The van der Waals surface area contributed by atoms with E-state index < -0.39 is 0 Å². The second-order valence-electron chi connectivity index (χ2n) is 8.42. The van der Waals surface area contributed by atoms with Gasteiger partial charge >= 0.3 is 0 Å². The number of amides is 1. The quantitative estimate of drug-likeness (QED) is 0.491. The number of fused-ring (bicyclic) bond motifs is 1. The molecule has 1 saturated heterocycles. The maximum atomic E-state index is 13.6. The Bertz CT molecular complexity index is 1180. The summed E-state index contributed by atoms with van der Waals surface area (Å²) in [6, 6.07) is 26.0. The Labute approximate surface area is 193 Å². The van der Waals surface area contributed by atoms with Crippen LogP contribution in [0.2, 0.25) is 0 Å². The molecule has 1 amide bonds. The molecular weight excluding hydrogens is 412 g/mol. The van der Waals surface area contributed by atoms with Gasteiger partial charge in [-0.15, -0.1) is 0 Å². The SMILES string of the molecule is COc1ccc2nc(CN3CCN(C(=O)C(c4ccccc4)c4ccccc4)CC3)[nH]c2c1. The van der Waals surface area contributed by atoms with E-state index in [2.05, 4.69) is 9.88 Å². The molecule has 6 heteroatoms. The number of imidazole rings is 1. The third-order valence-electron chi connectivity index (χ3n) is 6.31. The van der Waals surface area contributed by atoms with Crippen molar-refractivity contribution in [3.63, 3.8) is 0 Å². The summed E-state index contributed by atoms with van der Waals surface area (Å²) in [5.74, 6) is 1.65. The molecule has 0 bridgehead atoms. The number of aromatic amines is 1. The van der Waals surface area contributed by atoms with Crippen LogP contribution in [0.5, 0.6) is 5.75 Å². The van der Waals surface area contributed by atoms with Gasteiger partial charge < -0.3 is 14.6 Å². The van der Waals surface area contributed by atoms with Gasteiger partial charge in [-0.3, -0.25) is 9.69 Å². The minimum absolute atomic E-state index is 0.169. The lowest BCUT2D eigenvalue weighted by molar-refractivity contribution is -0.133. The van der Waals surface area contributed by atoms with Crippen molar-refractivity contribution in [3.8, 4) is 5.75 Å². The second kappa shape index (κ2) is 9.46. The Morgan fingerprint density at radius 1 is 0.939 bits per heavy atom. The summed E-state index contributed by atoms with van der Waals surface area (Å²) in [6.45, 7) is 3.80. The molecule has 168 valence electrons. The molecule has 1 aromatic heterocycles. The topological polar surface area (TPSA) is 61.5 Å². The molecular formula is C27H28N4O2. The van der Waals surface area contributed by atoms with Crippen molar-refractivity contribution in [3.05, 3.63) is 95.8 Å². The van der Waals surface area contributed by atoms with Crippen molar-refractivity contribution < 1.29 is 9.53 Å². The highest BCUT2D eigenvalue weighted by Crippen LogP contribution is 2.27. The number of methoxy groups -OCH3 is 1. The molecule has 0 radical (unpaired) electrons. The summed E-state index contributed by atoms with van der Waals surface area (Å²) in [4.78, 5) is 26.1. The summed E-state index contributed by atoms with van der Waals surface area (Å²) in [5, 5.41) is 0. The molecule has 0 saturated carbocycles. The van der Waals surface area contributed by atoms with Gasteiger partial charge in [-0.05, 0) is 23.3 Å². The Balaban J connectivity index is 1.26. The van der Waals surface area contributed by atoms with Crippen LogP contribution in [0, 0.1) is 0 Å². The Hall–Kier alpha value is -3.64. The maximum Gasteiger partial charge on any atom is 0.234 e. The van der Waals surface area contributed by atoms with Crippen LogP contribution in [0.15, 0.2) is 78.9 Å². The number of piperazine rings is 1. The van der Waals surface area contributed by atoms with Crippen LogP contribution >= 0.6 is 0 Å². The number of nitrogens with zero attached hydrogens (tertiary/aromatic N) is 3. The van der Waals surface area contributed by atoms with E-state index in [1.807, 2.05) is 83.8 Å². The molecule has 5 rings (SSSR count). The average Bonchev–Trinajstić information content (AvgIpc) is 3.27. The Morgan fingerprint density at radius 2 is 1.58 bits per heavy atom. The van der Waals surface area contributed by atoms with E-state index in [0.717, 1.165) is 53.4 Å². The fraction of sp³-hybridized carbons (Fsp3) is 0.259. The molecule has 1 aliphatic rings. The first-order chi connectivity index (χ1) is 16.2. The molecule has 33 heavy (non-hydrogen) atoms. The first kappa shape index (κ1) is 21.2. The normalized spacial score (nSPS) is 14.7. The fourth-order valence-electron chi connectivity index (χ4n) is 4.53. The van der Waals surface area contributed by atoms with Gasteiger partial charge in [-0.25, -0.2) is 4.98 Å². The summed E-state index contributed by atoms with van der Waals surface area (Å²) in [6.07, 6.45) is 0. The van der Waals surface area contributed by atoms with Gasteiger partial charge in [0.05, 0.1) is 30.6 Å². The number of nitrogens with one attached hydrogen (secondary N) is 1. The minimum atomic E-state index is -0.274. The third-order valence-corrected chi connectivity index (χ3v) is 6.31. The molecule has 6 nitrogen and oxygen atoms in total. The molecule has 0 unspecified atom stereocenters. The van der Waals surface area contributed by atoms with Crippen LogP contribution in [0.3, 0.4) is 0 Å². The zero-order valence-corrected chi connectivity index (χ0v) is 18.8. The highest BCUT2D eigenvalue weighted by Gasteiger charge is 2.30. The Kier molecular flexibility index (Phi) is 6.09. The van der Waals surface area contributed by atoms with E-state index in [1.54, 1.807) is 7.11 Å². The zero-order chi connectivity index (χ0) is 22.6. The fourth-order valence-corrected chi connectivity index (χ4v) is 4.53. The van der Waals surface area contributed by atoms with E-state index in [-0.39, 0.29) is 11.8 Å². The van der Waals surface area contributed by atoms with Crippen molar-refractivity contribution in [2.75, 3.05) is 33.3 Å². The molecule has 1 N–H and O–H groups in total. The van der Waals surface area contributed by atoms with Crippen LogP contribution < -0.4 is 4.74 Å². The van der Waals surface area contributed by atoms with Gasteiger partial charge in [0.1, 0.15) is 11.6 Å². The number of hydrogen-bond acceptors (Lipinski definition) is 4. The summed E-state index contributed by atoms with van der Waals surface area (Å²) in [5.41, 5.74) is 3.99. The predicted octanol–water partition coefficient (Wildman–Crippen LogP) is 4.05.